The van der Waals surface area contributed by atoms with Crippen LogP contribution in [0.5, 0.6) is 5.75 Å². The molecular weight excluding hydrogens is 284 g/mol. The Labute approximate surface area is 110 Å². The maximum Gasteiger partial charge on any atom is 0.338 e. The third-order valence-corrected chi connectivity index (χ3v) is 2.63. The van der Waals surface area contributed by atoms with Crippen LogP contribution in [0, 0.1) is 5.92 Å². The van der Waals surface area contributed by atoms with E-state index in [0.29, 0.717) is 24.7 Å². The zero-order chi connectivity index (χ0) is 12.8. The van der Waals surface area contributed by atoms with Gasteiger partial charge in [-0.15, -0.1) is 0 Å². The number of carbonyl (C=O) groups is 1. The fourth-order valence-electron chi connectivity index (χ4n) is 1.23. The zero-order valence-corrected chi connectivity index (χ0v) is 11.9. The van der Waals surface area contributed by atoms with Crippen LogP contribution < -0.4 is 4.74 Å². The van der Waals surface area contributed by atoms with Crippen LogP contribution in [0.1, 0.15) is 31.1 Å². The van der Waals surface area contributed by atoms with Crippen LogP contribution in [0.15, 0.2) is 22.7 Å². The van der Waals surface area contributed by atoms with Gasteiger partial charge in [0.15, 0.2) is 0 Å². The molecule has 0 unspecified atom stereocenters. The summed E-state index contributed by atoms with van der Waals surface area (Å²) in [6, 6.07) is 5.19. The first kappa shape index (κ1) is 14.0. The fraction of sp³-hybridized carbons (Fsp3) is 0.462. The number of carbonyl (C=O) groups excluding carboxylic acids is 1. The molecular formula is C13H17BrO3. The number of hydrogen-bond acceptors (Lipinski definition) is 3. The van der Waals surface area contributed by atoms with Gasteiger partial charge in [0, 0.05) is 0 Å². The summed E-state index contributed by atoms with van der Waals surface area (Å²) in [5, 5.41) is 0. The number of benzene rings is 1. The quantitative estimate of drug-likeness (QED) is 0.779. The van der Waals surface area contributed by atoms with E-state index >= 15 is 0 Å². The molecule has 0 saturated carbocycles. The lowest BCUT2D eigenvalue weighted by atomic mass is 10.2. The van der Waals surface area contributed by atoms with E-state index in [9.17, 15) is 4.79 Å². The molecule has 0 fully saturated rings. The van der Waals surface area contributed by atoms with Gasteiger partial charge in [0.2, 0.25) is 0 Å². The maximum absolute atomic E-state index is 11.7. The van der Waals surface area contributed by atoms with E-state index in [0.717, 1.165) is 10.2 Å². The normalized spacial score (nSPS) is 10.4. The molecule has 0 aliphatic heterocycles. The lowest BCUT2D eigenvalue weighted by molar-refractivity contribution is 0.0459. The second-order valence-corrected chi connectivity index (χ2v) is 4.92. The van der Waals surface area contributed by atoms with Gasteiger partial charge >= 0.3 is 5.97 Å². The van der Waals surface area contributed by atoms with Crippen LogP contribution >= 0.6 is 15.9 Å². The Morgan fingerprint density at radius 3 is 2.65 bits per heavy atom. The predicted octanol–water partition coefficient (Wildman–Crippen LogP) is 3.66. The minimum atomic E-state index is -0.303. The van der Waals surface area contributed by atoms with Gasteiger partial charge in [0.1, 0.15) is 5.75 Å². The third kappa shape index (κ3) is 4.38. The Hall–Kier alpha value is -1.03. The van der Waals surface area contributed by atoms with Crippen LogP contribution in [-0.4, -0.2) is 19.2 Å². The van der Waals surface area contributed by atoms with Crippen molar-refractivity contribution in [2.75, 3.05) is 13.2 Å². The van der Waals surface area contributed by atoms with Crippen molar-refractivity contribution < 1.29 is 14.3 Å². The lowest BCUT2D eigenvalue weighted by Crippen LogP contribution is -2.10. The van der Waals surface area contributed by atoms with Gasteiger partial charge in [0.25, 0.3) is 0 Å². The summed E-state index contributed by atoms with van der Waals surface area (Å²) in [5.41, 5.74) is 0.529. The number of rotatable bonds is 5. The standard InChI is InChI=1S/C13H17BrO3/c1-4-16-12-6-5-10(7-11(12)14)13(15)17-8-9(2)3/h5-7,9H,4,8H2,1-3H3. The first-order chi connectivity index (χ1) is 8.04. The number of hydrogen-bond donors (Lipinski definition) is 0. The zero-order valence-electron chi connectivity index (χ0n) is 10.3. The molecule has 1 rings (SSSR count). The molecule has 0 aliphatic carbocycles. The van der Waals surface area contributed by atoms with E-state index in [2.05, 4.69) is 15.9 Å². The molecule has 17 heavy (non-hydrogen) atoms. The van der Waals surface area contributed by atoms with Crippen molar-refractivity contribution in [3.63, 3.8) is 0 Å². The van der Waals surface area contributed by atoms with Crippen molar-refractivity contribution in [1.29, 1.82) is 0 Å². The van der Waals surface area contributed by atoms with Crippen LogP contribution in [-0.2, 0) is 4.74 Å². The highest BCUT2D eigenvalue weighted by Gasteiger charge is 2.10. The summed E-state index contributed by atoms with van der Waals surface area (Å²) in [5.74, 6) is 0.764. The predicted molar refractivity (Wildman–Crippen MR) is 70.4 cm³/mol. The smallest absolute Gasteiger partial charge is 0.338 e. The summed E-state index contributed by atoms with van der Waals surface area (Å²) in [7, 11) is 0. The molecule has 0 atom stereocenters. The molecule has 0 N–H and O–H groups in total. The number of esters is 1. The Morgan fingerprint density at radius 1 is 1.41 bits per heavy atom. The average Bonchev–Trinajstić information content (AvgIpc) is 2.28. The second-order valence-electron chi connectivity index (χ2n) is 4.07. The average molecular weight is 301 g/mol. The van der Waals surface area contributed by atoms with Crippen molar-refractivity contribution in [1.82, 2.24) is 0 Å². The van der Waals surface area contributed by atoms with Gasteiger partial charge in [-0.25, -0.2) is 4.79 Å². The molecule has 4 heteroatoms. The van der Waals surface area contributed by atoms with E-state index < -0.39 is 0 Å². The van der Waals surface area contributed by atoms with E-state index in [1.54, 1.807) is 18.2 Å². The SMILES string of the molecule is CCOc1ccc(C(=O)OCC(C)C)cc1Br. The first-order valence-electron chi connectivity index (χ1n) is 5.64. The molecule has 0 aromatic heterocycles. The van der Waals surface area contributed by atoms with Crippen LogP contribution in [0.2, 0.25) is 0 Å². The maximum atomic E-state index is 11.7. The largest absolute Gasteiger partial charge is 0.493 e. The highest BCUT2D eigenvalue weighted by molar-refractivity contribution is 9.10. The van der Waals surface area contributed by atoms with Gasteiger partial charge in [0.05, 0.1) is 23.2 Å². The Morgan fingerprint density at radius 2 is 2.12 bits per heavy atom. The molecule has 0 aliphatic rings. The van der Waals surface area contributed by atoms with Crippen molar-refractivity contribution in [3.05, 3.63) is 28.2 Å². The van der Waals surface area contributed by atoms with Gasteiger partial charge in [-0.2, -0.15) is 0 Å². The van der Waals surface area contributed by atoms with Crippen LogP contribution in [0.4, 0.5) is 0 Å². The summed E-state index contributed by atoms with van der Waals surface area (Å²) in [6.45, 7) is 6.94. The van der Waals surface area contributed by atoms with Gasteiger partial charge in [-0.05, 0) is 47.0 Å². The molecule has 0 amide bonds. The van der Waals surface area contributed by atoms with Gasteiger partial charge < -0.3 is 9.47 Å². The van der Waals surface area contributed by atoms with Gasteiger partial charge in [-0.3, -0.25) is 0 Å². The van der Waals surface area contributed by atoms with Gasteiger partial charge in [-0.1, -0.05) is 13.8 Å². The molecule has 1 aromatic rings. The van der Waals surface area contributed by atoms with Crippen molar-refractivity contribution in [3.8, 4) is 5.75 Å². The molecule has 94 valence electrons. The summed E-state index contributed by atoms with van der Waals surface area (Å²) in [6.07, 6.45) is 0. The van der Waals surface area contributed by atoms with E-state index in [1.165, 1.54) is 0 Å². The fourth-order valence-corrected chi connectivity index (χ4v) is 1.72. The molecule has 0 radical (unpaired) electrons. The number of halogens is 1. The van der Waals surface area contributed by atoms with Crippen molar-refractivity contribution in [2.24, 2.45) is 5.92 Å². The van der Waals surface area contributed by atoms with E-state index in [4.69, 9.17) is 9.47 Å². The summed E-state index contributed by atoms with van der Waals surface area (Å²) in [4.78, 5) is 11.7. The Kier molecular flexibility index (Phi) is 5.48. The van der Waals surface area contributed by atoms with Crippen LogP contribution in [0.25, 0.3) is 0 Å². The Bertz CT molecular complexity index is 388. The summed E-state index contributed by atoms with van der Waals surface area (Å²) >= 11 is 3.36. The minimum absolute atomic E-state index is 0.303. The molecule has 0 spiro atoms. The highest BCUT2D eigenvalue weighted by atomic mass is 79.9. The minimum Gasteiger partial charge on any atom is -0.493 e. The van der Waals surface area contributed by atoms with Crippen LogP contribution in [0.3, 0.4) is 0 Å². The lowest BCUT2D eigenvalue weighted by Gasteiger charge is -2.09. The first-order valence-corrected chi connectivity index (χ1v) is 6.43. The molecule has 0 bridgehead atoms. The van der Waals surface area contributed by atoms with E-state index in [-0.39, 0.29) is 5.97 Å². The van der Waals surface area contributed by atoms with E-state index in [1.807, 2.05) is 20.8 Å². The topological polar surface area (TPSA) is 35.5 Å². The Balaban J connectivity index is 2.72. The monoisotopic (exact) mass is 300 g/mol. The molecule has 3 nitrogen and oxygen atoms in total. The third-order valence-electron chi connectivity index (χ3n) is 2.02. The molecule has 0 saturated heterocycles. The number of ether oxygens (including phenoxy) is 2. The molecule has 0 heterocycles. The summed E-state index contributed by atoms with van der Waals surface area (Å²) < 4.78 is 11.3. The highest BCUT2D eigenvalue weighted by Crippen LogP contribution is 2.26. The molecule has 1 aromatic carbocycles. The second kappa shape index (κ2) is 6.64. The van der Waals surface area contributed by atoms with Crippen molar-refractivity contribution in [2.45, 2.75) is 20.8 Å². The van der Waals surface area contributed by atoms with Crippen molar-refractivity contribution >= 4 is 21.9 Å².